The number of nitrogens with one attached hydrogen (secondary N) is 1. The molecule has 1 N–H and O–H groups in total. The van der Waals surface area contributed by atoms with Crippen LogP contribution in [0.15, 0.2) is 68.8 Å². The first kappa shape index (κ1) is 20.7. The van der Waals surface area contributed by atoms with E-state index in [1.54, 1.807) is 6.07 Å². The van der Waals surface area contributed by atoms with Crippen LogP contribution in [0.1, 0.15) is 5.82 Å². The zero-order valence-electron chi connectivity index (χ0n) is 16.2. The Bertz CT molecular complexity index is 1350. The summed E-state index contributed by atoms with van der Waals surface area (Å²) in [7, 11) is -0.556. The van der Waals surface area contributed by atoms with Crippen LogP contribution in [0.5, 0.6) is 0 Å². The number of hydrogen-bond donors (Lipinski definition) is 1. The molecule has 1 aromatic carbocycles. The van der Waals surface area contributed by atoms with Crippen LogP contribution in [-0.4, -0.2) is 41.8 Å². The van der Waals surface area contributed by atoms with E-state index in [-0.39, 0.29) is 10.5 Å². The van der Waals surface area contributed by atoms with Gasteiger partial charge in [0, 0.05) is 31.2 Å². The van der Waals surface area contributed by atoms with E-state index in [4.69, 9.17) is 0 Å². The highest BCUT2D eigenvalue weighted by Crippen LogP contribution is 2.31. The molecule has 0 atom stereocenters. The second-order valence-electron chi connectivity index (χ2n) is 6.62. The summed E-state index contributed by atoms with van der Waals surface area (Å²) in [6.45, 7) is 0. The molecule has 154 valence electrons. The van der Waals surface area contributed by atoms with Crippen molar-refractivity contribution in [2.75, 3.05) is 14.1 Å². The molecule has 0 aliphatic heterocycles. The number of aromatic nitrogens is 3. The maximum absolute atomic E-state index is 12.7. The predicted octanol–water partition coefficient (Wildman–Crippen LogP) is 3.59. The van der Waals surface area contributed by atoms with Crippen LogP contribution in [0.3, 0.4) is 0 Å². The molecule has 0 fully saturated rings. The van der Waals surface area contributed by atoms with E-state index >= 15 is 0 Å². The normalized spacial score (nSPS) is 12.0. The van der Waals surface area contributed by atoms with Gasteiger partial charge in [0.05, 0.1) is 16.2 Å². The van der Waals surface area contributed by atoms with Crippen LogP contribution >= 0.6 is 23.1 Å². The SMILES string of the molecule is CN(C)S(=O)(=O)c1ccc(SCc2nc3scc(-c4ccccc4)c3c(=O)[nH]2)nc1. The van der Waals surface area contributed by atoms with Gasteiger partial charge in [-0.2, -0.15) is 0 Å². The van der Waals surface area contributed by atoms with Gasteiger partial charge in [0.25, 0.3) is 5.56 Å². The third-order valence-electron chi connectivity index (χ3n) is 4.42. The summed E-state index contributed by atoms with van der Waals surface area (Å²) in [5.41, 5.74) is 1.69. The van der Waals surface area contributed by atoms with Gasteiger partial charge in [-0.05, 0) is 17.7 Å². The average molecular weight is 459 g/mol. The molecule has 0 aliphatic rings. The maximum atomic E-state index is 12.7. The Morgan fingerprint density at radius 3 is 2.57 bits per heavy atom. The molecular weight excluding hydrogens is 440 g/mol. The highest BCUT2D eigenvalue weighted by atomic mass is 32.2. The van der Waals surface area contributed by atoms with Crippen molar-refractivity contribution in [3.05, 3.63) is 70.2 Å². The molecule has 0 saturated heterocycles. The molecule has 30 heavy (non-hydrogen) atoms. The van der Waals surface area contributed by atoms with Crippen molar-refractivity contribution in [2.45, 2.75) is 15.7 Å². The van der Waals surface area contributed by atoms with Crippen LogP contribution in [0, 0.1) is 0 Å². The van der Waals surface area contributed by atoms with E-state index in [2.05, 4.69) is 15.0 Å². The quantitative estimate of drug-likeness (QED) is 0.444. The fourth-order valence-electron chi connectivity index (χ4n) is 2.85. The van der Waals surface area contributed by atoms with E-state index in [1.807, 2.05) is 35.7 Å². The number of thiophene rings is 1. The van der Waals surface area contributed by atoms with Gasteiger partial charge in [-0.15, -0.1) is 11.3 Å². The minimum Gasteiger partial charge on any atom is -0.309 e. The third-order valence-corrected chi connectivity index (χ3v) is 8.05. The second-order valence-corrected chi connectivity index (χ2v) is 10.6. The molecule has 4 rings (SSSR count). The third kappa shape index (κ3) is 4.04. The monoisotopic (exact) mass is 458 g/mol. The lowest BCUT2D eigenvalue weighted by Gasteiger charge is -2.11. The van der Waals surface area contributed by atoms with Crippen LogP contribution < -0.4 is 5.56 Å². The molecule has 4 aromatic rings. The van der Waals surface area contributed by atoms with Crippen LogP contribution in [0.25, 0.3) is 21.3 Å². The summed E-state index contributed by atoms with van der Waals surface area (Å²) >= 11 is 2.81. The minimum atomic E-state index is -3.51. The Labute approximate surface area is 181 Å². The molecule has 3 aromatic heterocycles. The zero-order chi connectivity index (χ0) is 21.3. The minimum absolute atomic E-state index is 0.136. The van der Waals surface area contributed by atoms with E-state index < -0.39 is 10.0 Å². The molecule has 0 radical (unpaired) electrons. The standard InChI is InChI=1S/C20H18N4O3S3/c1-24(2)30(26,27)14-8-9-17(21-10-14)28-12-16-22-19(25)18-15(11-29-20(18)23-16)13-6-4-3-5-7-13/h3-11H,12H2,1-2H3,(H,22,23,25). The molecule has 10 heteroatoms. The van der Waals surface area contributed by atoms with Crippen LogP contribution in [-0.2, 0) is 15.8 Å². The van der Waals surface area contributed by atoms with E-state index in [0.717, 1.165) is 15.4 Å². The fourth-order valence-corrected chi connectivity index (χ4v) is 5.38. The second kappa shape index (κ2) is 8.31. The van der Waals surface area contributed by atoms with E-state index in [9.17, 15) is 13.2 Å². The van der Waals surface area contributed by atoms with Crippen LogP contribution in [0.2, 0.25) is 0 Å². The fraction of sp³-hybridized carbons (Fsp3) is 0.150. The van der Waals surface area contributed by atoms with Gasteiger partial charge >= 0.3 is 0 Å². The molecule has 0 saturated carbocycles. The Kier molecular flexibility index (Phi) is 5.74. The summed E-state index contributed by atoms with van der Waals surface area (Å²) in [6, 6.07) is 12.9. The van der Waals surface area contributed by atoms with Crippen molar-refractivity contribution < 1.29 is 8.42 Å². The van der Waals surface area contributed by atoms with Gasteiger partial charge in [0.2, 0.25) is 10.0 Å². The first-order chi connectivity index (χ1) is 14.4. The van der Waals surface area contributed by atoms with Gasteiger partial charge < -0.3 is 4.98 Å². The first-order valence-corrected chi connectivity index (χ1v) is 12.2. The van der Waals surface area contributed by atoms with Crippen molar-refractivity contribution in [3.8, 4) is 11.1 Å². The first-order valence-electron chi connectivity index (χ1n) is 8.93. The topological polar surface area (TPSA) is 96.0 Å². The lowest BCUT2D eigenvalue weighted by atomic mass is 10.1. The number of thioether (sulfide) groups is 1. The number of rotatable bonds is 6. The number of H-pyrrole nitrogens is 1. The molecule has 7 nitrogen and oxygen atoms in total. The van der Waals surface area contributed by atoms with Crippen molar-refractivity contribution in [1.29, 1.82) is 0 Å². The van der Waals surface area contributed by atoms with Gasteiger partial charge in [0.1, 0.15) is 15.6 Å². The number of hydrogen-bond acceptors (Lipinski definition) is 7. The largest absolute Gasteiger partial charge is 0.309 e. The summed E-state index contributed by atoms with van der Waals surface area (Å²) in [5, 5.41) is 3.19. The lowest BCUT2D eigenvalue weighted by Crippen LogP contribution is -2.22. The summed E-state index contributed by atoms with van der Waals surface area (Å²) < 4.78 is 25.4. The van der Waals surface area contributed by atoms with Crippen molar-refractivity contribution in [2.24, 2.45) is 0 Å². The highest BCUT2D eigenvalue weighted by molar-refractivity contribution is 7.98. The number of pyridine rings is 1. The summed E-state index contributed by atoms with van der Waals surface area (Å²) in [4.78, 5) is 25.2. The molecular formula is C20H18N4O3S3. The Hall–Kier alpha value is -2.53. The molecule has 0 bridgehead atoms. The maximum Gasteiger partial charge on any atom is 0.260 e. The predicted molar refractivity (Wildman–Crippen MR) is 120 cm³/mol. The molecule has 0 amide bonds. The van der Waals surface area contributed by atoms with Gasteiger partial charge in [0.15, 0.2) is 0 Å². The molecule has 0 spiro atoms. The van der Waals surface area contributed by atoms with E-state index in [1.165, 1.54) is 49.5 Å². The van der Waals surface area contributed by atoms with Gasteiger partial charge in [-0.3, -0.25) is 4.79 Å². The number of nitrogens with zero attached hydrogens (tertiary/aromatic N) is 3. The van der Waals surface area contributed by atoms with Crippen LogP contribution in [0.4, 0.5) is 0 Å². The smallest absolute Gasteiger partial charge is 0.260 e. The summed E-state index contributed by atoms with van der Waals surface area (Å²) in [6.07, 6.45) is 1.34. The Morgan fingerprint density at radius 2 is 1.90 bits per heavy atom. The molecule has 0 aliphatic carbocycles. The van der Waals surface area contributed by atoms with Gasteiger partial charge in [-0.1, -0.05) is 42.1 Å². The zero-order valence-corrected chi connectivity index (χ0v) is 18.6. The van der Waals surface area contributed by atoms with E-state index in [0.29, 0.717) is 26.8 Å². The molecule has 0 unspecified atom stereocenters. The van der Waals surface area contributed by atoms with Gasteiger partial charge in [-0.25, -0.2) is 22.7 Å². The number of fused-ring (bicyclic) bond motifs is 1. The molecule has 3 heterocycles. The lowest BCUT2D eigenvalue weighted by molar-refractivity contribution is 0.520. The number of sulfonamides is 1. The van der Waals surface area contributed by atoms with Crippen molar-refractivity contribution in [3.63, 3.8) is 0 Å². The van der Waals surface area contributed by atoms with Crippen molar-refractivity contribution in [1.82, 2.24) is 19.3 Å². The summed E-state index contributed by atoms with van der Waals surface area (Å²) in [5.74, 6) is 0.960. The number of benzene rings is 1. The Balaban J connectivity index is 1.55. The highest BCUT2D eigenvalue weighted by Gasteiger charge is 2.17. The number of aromatic amines is 1. The Morgan fingerprint density at radius 1 is 1.13 bits per heavy atom. The van der Waals surface area contributed by atoms with Crippen molar-refractivity contribution >= 4 is 43.3 Å². The average Bonchev–Trinajstić information content (AvgIpc) is 3.18.